The van der Waals surface area contributed by atoms with E-state index in [4.69, 9.17) is 0 Å². The van der Waals surface area contributed by atoms with Crippen molar-refractivity contribution < 1.29 is 0 Å². The van der Waals surface area contributed by atoms with E-state index in [-0.39, 0.29) is 24.0 Å². The molecule has 27 heavy (non-hydrogen) atoms. The summed E-state index contributed by atoms with van der Waals surface area (Å²) in [7, 11) is 1.87. The Balaban J connectivity index is 0.00000261. The van der Waals surface area contributed by atoms with Crippen LogP contribution in [-0.2, 0) is 13.1 Å². The van der Waals surface area contributed by atoms with Crippen LogP contribution >= 0.6 is 24.0 Å². The molecule has 148 valence electrons. The summed E-state index contributed by atoms with van der Waals surface area (Å²) in [6, 6.07) is 10.5. The van der Waals surface area contributed by atoms with E-state index in [2.05, 4.69) is 62.9 Å². The van der Waals surface area contributed by atoms with Gasteiger partial charge in [-0.25, -0.2) is 4.98 Å². The largest absolute Gasteiger partial charge is 0.349 e. The van der Waals surface area contributed by atoms with Crippen LogP contribution in [0.3, 0.4) is 0 Å². The number of rotatable bonds is 6. The predicted octanol–water partition coefficient (Wildman–Crippen LogP) is 3.99. The molecule has 0 radical (unpaired) electrons. The highest BCUT2D eigenvalue weighted by molar-refractivity contribution is 14.0. The number of halogens is 1. The second kappa shape index (κ2) is 10.7. The van der Waals surface area contributed by atoms with Crippen LogP contribution in [-0.4, -0.2) is 40.5 Å². The molecule has 1 N–H and O–H groups in total. The molecule has 1 aromatic carbocycles. The summed E-state index contributed by atoms with van der Waals surface area (Å²) >= 11 is 0. The Morgan fingerprint density at radius 2 is 2.07 bits per heavy atom. The van der Waals surface area contributed by atoms with Crippen LogP contribution in [0, 0.1) is 11.8 Å². The van der Waals surface area contributed by atoms with Crippen molar-refractivity contribution in [1.29, 1.82) is 0 Å². The van der Waals surface area contributed by atoms with Crippen LogP contribution in [0.15, 0.2) is 47.7 Å². The van der Waals surface area contributed by atoms with Crippen molar-refractivity contribution in [3.63, 3.8) is 0 Å². The molecule has 1 fully saturated rings. The molecular weight excluding hydrogens is 449 g/mol. The number of hydrogen-bond donors (Lipinski definition) is 1. The minimum atomic E-state index is 0. The van der Waals surface area contributed by atoms with Crippen molar-refractivity contribution in [1.82, 2.24) is 19.8 Å². The standard InChI is InChI=1S/C21H31N5.HI/c1-17(2)13-19-9-11-26(16-19)21(22-3)24-14-20-23-10-12-25(20)15-18-7-5-4-6-8-18;/h4-8,10,12,17,19H,9,11,13-16H2,1-3H3,(H,22,24);1H. The Morgan fingerprint density at radius 3 is 2.78 bits per heavy atom. The number of nitrogens with one attached hydrogen (secondary N) is 1. The first-order chi connectivity index (χ1) is 12.7. The molecule has 2 aromatic rings. The molecule has 3 rings (SSSR count). The van der Waals surface area contributed by atoms with Gasteiger partial charge in [0.15, 0.2) is 5.96 Å². The van der Waals surface area contributed by atoms with E-state index in [1.807, 2.05) is 25.5 Å². The van der Waals surface area contributed by atoms with Crippen LogP contribution in [0.4, 0.5) is 0 Å². The fraction of sp³-hybridized carbons (Fsp3) is 0.524. The van der Waals surface area contributed by atoms with Gasteiger partial charge in [0.1, 0.15) is 5.82 Å². The van der Waals surface area contributed by atoms with Crippen LogP contribution in [0.1, 0.15) is 38.1 Å². The molecule has 2 heterocycles. The molecule has 1 saturated heterocycles. The van der Waals surface area contributed by atoms with Gasteiger partial charge in [0.25, 0.3) is 0 Å². The van der Waals surface area contributed by atoms with Crippen molar-refractivity contribution in [3.05, 3.63) is 54.1 Å². The molecule has 0 aliphatic carbocycles. The SMILES string of the molecule is CN=C(NCc1nccn1Cc1ccccc1)N1CCC(CC(C)C)C1.I. The summed E-state index contributed by atoms with van der Waals surface area (Å²) in [6.45, 7) is 8.35. The summed E-state index contributed by atoms with van der Waals surface area (Å²) in [5.74, 6) is 3.58. The Labute approximate surface area is 180 Å². The molecule has 1 unspecified atom stereocenters. The fourth-order valence-electron chi connectivity index (χ4n) is 3.81. The molecule has 6 heteroatoms. The number of hydrogen-bond acceptors (Lipinski definition) is 2. The number of imidazole rings is 1. The topological polar surface area (TPSA) is 45.5 Å². The second-order valence-corrected chi connectivity index (χ2v) is 7.59. The number of guanidine groups is 1. The van der Waals surface area contributed by atoms with E-state index in [0.717, 1.165) is 43.3 Å². The third kappa shape index (κ3) is 6.23. The summed E-state index contributed by atoms with van der Waals surface area (Å²) < 4.78 is 2.20. The molecule has 0 spiro atoms. The first kappa shape index (κ1) is 21.7. The van der Waals surface area contributed by atoms with Crippen molar-refractivity contribution in [2.75, 3.05) is 20.1 Å². The maximum Gasteiger partial charge on any atom is 0.194 e. The Bertz CT molecular complexity index is 710. The molecule has 0 amide bonds. The number of benzene rings is 1. The van der Waals surface area contributed by atoms with Gasteiger partial charge in [0.2, 0.25) is 0 Å². The van der Waals surface area contributed by atoms with Crippen molar-refractivity contribution in [2.24, 2.45) is 16.8 Å². The van der Waals surface area contributed by atoms with Gasteiger partial charge in [0, 0.05) is 39.1 Å². The van der Waals surface area contributed by atoms with Gasteiger partial charge in [-0.15, -0.1) is 24.0 Å². The van der Waals surface area contributed by atoms with Gasteiger partial charge >= 0.3 is 0 Å². The molecule has 1 aliphatic heterocycles. The monoisotopic (exact) mass is 481 g/mol. The molecule has 0 saturated carbocycles. The van der Waals surface area contributed by atoms with Crippen LogP contribution in [0.2, 0.25) is 0 Å². The highest BCUT2D eigenvalue weighted by atomic mass is 127. The lowest BCUT2D eigenvalue weighted by Crippen LogP contribution is -2.40. The predicted molar refractivity (Wildman–Crippen MR) is 123 cm³/mol. The van der Waals surface area contributed by atoms with Crippen LogP contribution in [0.25, 0.3) is 0 Å². The first-order valence-corrected chi connectivity index (χ1v) is 9.65. The zero-order valence-corrected chi connectivity index (χ0v) is 19.0. The van der Waals surface area contributed by atoms with Gasteiger partial charge in [-0.1, -0.05) is 44.2 Å². The highest BCUT2D eigenvalue weighted by Gasteiger charge is 2.25. The molecular formula is C21H32IN5. The molecule has 5 nitrogen and oxygen atoms in total. The van der Waals surface area contributed by atoms with E-state index >= 15 is 0 Å². The molecule has 1 atom stereocenters. The van der Waals surface area contributed by atoms with Gasteiger partial charge in [-0.05, 0) is 30.2 Å². The average molecular weight is 481 g/mol. The van der Waals surface area contributed by atoms with Crippen LogP contribution in [0.5, 0.6) is 0 Å². The normalized spacial score (nSPS) is 17.3. The van der Waals surface area contributed by atoms with Gasteiger partial charge in [0.05, 0.1) is 6.54 Å². The lowest BCUT2D eigenvalue weighted by molar-refractivity contribution is 0.403. The van der Waals surface area contributed by atoms with Crippen molar-refractivity contribution >= 4 is 29.9 Å². The smallest absolute Gasteiger partial charge is 0.194 e. The maximum atomic E-state index is 4.53. The molecule has 1 aromatic heterocycles. The Hall–Kier alpha value is -1.57. The van der Waals surface area contributed by atoms with E-state index in [0.29, 0.717) is 6.54 Å². The summed E-state index contributed by atoms with van der Waals surface area (Å²) in [5, 5.41) is 3.51. The lowest BCUT2D eigenvalue weighted by Gasteiger charge is -2.22. The van der Waals surface area contributed by atoms with E-state index in [1.54, 1.807) is 0 Å². The average Bonchev–Trinajstić information content (AvgIpc) is 3.26. The van der Waals surface area contributed by atoms with Gasteiger partial charge in [-0.2, -0.15) is 0 Å². The van der Waals surface area contributed by atoms with E-state index in [9.17, 15) is 0 Å². The number of likely N-dealkylation sites (tertiary alicyclic amines) is 1. The summed E-state index contributed by atoms with van der Waals surface area (Å²) in [6.07, 6.45) is 6.48. The van der Waals surface area contributed by atoms with E-state index in [1.165, 1.54) is 18.4 Å². The third-order valence-electron chi connectivity index (χ3n) is 5.00. The second-order valence-electron chi connectivity index (χ2n) is 7.59. The Morgan fingerprint density at radius 1 is 1.30 bits per heavy atom. The zero-order valence-electron chi connectivity index (χ0n) is 16.6. The van der Waals surface area contributed by atoms with Gasteiger partial charge in [-0.3, -0.25) is 4.99 Å². The van der Waals surface area contributed by atoms with Gasteiger partial charge < -0.3 is 14.8 Å². The summed E-state index contributed by atoms with van der Waals surface area (Å²) in [5.41, 5.74) is 1.28. The summed E-state index contributed by atoms with van der Waals surface area (Å²) in [4.78, 5) is 11.4. The lowest BCUT2D eigenvalue weighted by atomic mass is 9.97. The number of nitrogens with zero attached hydrogens (tertiary/aromatic N) is 4. The third-order valence-corrected chi connectivity index (χ3v) is 5.00. The van der Waals surface area contributed by atoms with Crippen molar-refractivity contribution in [3.8, 4) is 0 Å². The molecule has 0 bridgehead atoms. The molecule has 1 aliphatic rings. The Kier molecular flexibility index (Phi) is 8.60. The number of aliphatic imine (C=N–C) groups is 1. The van der Waals surface area contributed by atoms with Crippen LogP contribution < -0.4 is 5.32 Å². The number of aromatic nitrogens is 2. The minimum absolute atomic E-state index is 0. The zero-order chi connectivity index (χ0) is 18.4. The van der Waals surface area contributed by atoms with Crippen molar-refractivity contribution in [2.45, 2.75) is 39.8 Å². The quantitative estimate of drug-likeness (QED) is 0.386. The fourth-order valence-corrected chi connectivity index (χ4v) is 3.81. The maximum absolute atomic E-state index is 4.53. The van der Waals surface area contributed by atoms with E-state index < -0.39 is 0 Å². The first-order valence-electron chi connectivity index (χ1n) is 9.65. The highest BCUT2D eigenvalue weighted by Crippen LogP contribution is 2.23. The minimum Gasteiger partial charge on any atom is -0.349 e.